The molecule has 0 heteroatoms. The third-order valence-electron chi connectivity index (χ3n) is 10.6. The van der Waals surface area contributed by atoms with Gasteiger partial charge in [-0.25, -0.2) is 0 Å². The van der Waals surface area contributed by atoms with E-state index in [2.05, 4.69) is 40.7 Å². The summed E-state index contributed by atoms with van der Waals surface area (Å²) in [7, 11) is 0. The zero-order chi connectivity index (χ0) is 19.9. The van der Waals surface area contributed by atoms with Gasteiger partial charge in [0, 0.05) is 0 Å². The Balaban J connectivity index is 1.45. The van der Waals surface area contributed by atoms with Crippen molar-refractivity contribution in [2.75, 3.05) is 0 Å². The summed E-state index contributed by atoms with van der Waals surface area (Å²) in [5.74, 6) is 5.93. The van der Waals surface area contributed by atoms with Crippen molar-refractivity contribution in [3.05, 3.63) is 11.6 Å². The second-order valence-corrected chi connectivity index (χ2v) is 12.3. The maximum absolute atomic E-state index is 2.77. The van der Waals surface area contributed by atoms with Gasteiger partial charge >= 0.3 is 0 Å². The van der Waals surface area contributed by atoms with Crippen LogP contribution in [-0.2, 0) is 0 Å². The first-order valence-electron chi connectivity index (χ1n) is 13.1. The lowest BCUT2D eigenvalue weighted by atomic mass is 9.47. The van der Waals surface area contributed by atoms with Gasteiger partial charge in [0.05, 0.1) is 0 Å². The van der Waals surface area contributed by atoms with Gasteiger partial charge in [0.15, 0.2) is 0 Å². The molecule has 28 heavy (non-hydrogen) atoms. The van der Waals surface area contributed by atoms with Crippen molar-refractivity contribution in [1.29, 1.82) is 0 Å². The van der Waals surface area contributed by atoms with E-state index in [0.717, 1.165) is 35.5 Å². The van der Waals surface area contributed by atoms with Crippen molar-refractivity contribution in [2.24, 2.45) is 46.3 Å². The largest absolute Gasteiger partial charge is 0.0845 e. The highest BCUT2D eigenvalue weighted by Crippen LogP contribution is 2.67. The molecule has 0 aromatic heterocycles. The van der Waals surface area contributed by atoms with E-state index in [0.29, 0.717) is 10.8 Å². The fraction of sp³-hybridized carbons (Fsp3) is 0.929. The summed E-state index contributed by atoms with van der Waals surface area (Å²) < 4.78 is 0. The molecular formula is C28H48. The van der Waals surface area contributed by atoms with Crippen LogP contribution in [0.3, 0.4) is 0 Å². The van der Waals surface area contributed by atoms with E-state index in [4.69, 9.17) is 0 Å². The summed E-state index contributed by atoms with van der Waals surface area (Å²) >= 11 is 0. The van der Waals surface area contributed by atoms with Crippen LogP contribution in [0.1, 0.15) is 118 Å². The van der Waals surface area contributed by atoms with Crippen LogP contribution in [0.4, 0.5) is 0 Å². The van der Waals surface area contributed by atoms with Gasteiger partial charge in [-0.2, -0.15) is 0 Å². The molecular weight excluding hydrogens is 336 g/mol. The van der Waals surface area contributed by atoms with Crippen molar-refractivity contribution >= 4 is 0 Å². The van der Waals surface area contributed by atoms with Crippen LogP contribution in [0.25, 0.3) is 0 Å². The predicted octanol–water partition coefficient (Wildman–Crippen LogP) is 8.81. The second-order valence-electron chi connectivity index (χ2n) is 12.3. The van der Waals surface area contributed by atoms with E-state index in [-0.39, 0.29) is 0 Å². The van der Waals surface area contributed by atoms with Crippen LogP contribution >= 0.6 is 0 Å². The first-order chi connectivity index (χ1) is 13.4. The van der Waals surface area contributed by atoms with Gasteiger partial charge in [0.1, 0.15) is 0 Å². The van der Waals surface area contributed by atoms with E-state index >= 15 is 0 Å². The van der Waals surface area contributed by atoms with Gasteiger partial charge in [-0.1, -0.05) is 72.0 Å². The predicted molar refractivity (Wildman–Crippen MR) is 122 cm³/mol. The third-order valence-corrected chi connectivity index (χ3v) is 10.6. The van der Waals surface area contributed by atoms with Gasteiger partial charge in [-0.15, -0.1) is 0 Å². The summed E-state index contributed by atoms with van der Waals surface area (Å²) in [6.45, 7) is 12.6. The molecule has 7 atom stereocenters. The third kappa shape index (κ3) is 3.54. The monoisotopic (exact) mass is 384 g/mol. The average Bonchev–Trinajstić information content (AvgIpc) is 3.01. The highest BCUT2D eigenvalue weighted by atomic mass is 14.6. The fourth-order valence-electron chi connectivity index (χ4n) is 8.61. The normalized spacial score (nSPS) is 45.4. The number of hydrogen-bond donors (Lipinski definition) is 0. The van der Waals surface area contributed by atoms with Crippen molar-refractivity contribution in [3.63, 3.8) is 0 Å². The number of rotatable bonds is 6. The standard InChI is InChI=1S/C28H48/c1-6-21-15-17-28(5)23(19-21)11-13-24-25-14-12-22(10-8-7-9-20(2)3)27(25,4)18-16-26(24)28/h11,20-22,24-26H,6-10,12-19H2,1-5H3/t21?,22?,24-,25?,26?,27?,28?/m0/s1. The Hall–Kier alpha value is -0.260. The molecule has 3 fully saturated rings. The maximum Gasteiger partial charge on any atom is -0.00851 e. The van der Waals surface area contributed by atoms with Crippen molar-refractivity contribution < 1.29 is 0 Å². The second kappa shape index (κ2) is 8.11. The van der Waals surface area contributed by atoms with Gasteiger partial charge in [-0.05, 0) is 104 Å². The van der Waals surface area contributed by atoms with Crippen LogP contribution in [0.15, 0.2) is 11.6 Å². The van der Waals surface area contributed by atoms with Crippen molar-refractivity contribution in [3.8, 4) is 0 Å². The van der Waals surface area contributed by atoms with E-state index in [1.807, 2.05) is 5.57 Å². The summed E-state index contributed by atoms with van der Waals surface area (Å²) in [5.41, 5.74) is 3.12. The van der Waals surface area contributed by atoms with Crippen molar-refractivity contribution in [1.82, 2.24) is 0 Å². The Morgan fingerprint density at radius 1 is 1.00 bits per heavy atom. The molecule has 160 valence electrons. The SMILES string of the molecule is CCC1CCC2(C)C(=CC[C@@H]3C2CCC2(C)C(CCCCC(C)C)CCC32)C1. The topological polar surface area (TPSA) is 0 Å². The van der Waals surface area contributed by atoms with Gasteiger partial charge in [0.25, 0.3) is 0 Å². The molecule has 0 spiro atoms. The molecule has 0 heterocycles. The highest BCUT2D eigenvalue weighted by Gasteiger charge is 2.58. The number of allylic oxidation sites excluding steroid dienone is 2. The van der Waals surface area contributed by atoms with E-state index in [9.17, 15) is 0 Å². The summed E-state index contributed by atoms with van der Waals surface area (Å²) in [5, 5.41) is 0. The smallest absolute Gasteiger partial charge is 0.00851 e. The molecule has 4 rings (SSSR count). The highest BCUT2D eigenvalue weighted by molar-refractivity contribution is 5.25. The van der Waals surface area contributed by atoms with Crippen LogP contribution < -0.4 is 0 Å². The quantitative estimate of drug-likeness (QED) is 0.317. The summed E-state index contributed by atoms with van der Waals surface area (Å²) in [4.78, 5) is 0. The lowest BCUT2D eigenvalue weighted by Gasteiger charge is -2.58. The molecule has 0 radical (unpaired) electrons. The first-order valence-corrected chi connectivity index (χ1v) is 13.1. The molecule has 4 aliphatic rings. The number of unbranched alkanes of at least 4 members (excludes halogenated alkanes) is 1. The molecule has 0 nitrogen and oxygen atoms in total. The molecule has 0 aromatic rings. The molecule has 6 unspecified atom stereocenters. The zero-order valence-corrected chi connectivity index (χ0v) is 19.7. The Bertz CT molecular complexity index is 571. The minimum atomic E-state index is 0.561. The van der Waals surface area contributed by atoms with Gasteiger partial charge < -0.3 is 0 Å². The molecule has 0 aliphatic heterocycles. The molecule has 0 saturated heterocycles. The molecule has 0 N–H and O–H groups in total. The summed E-state index contributed by atoms with van der Waals surface area (Å²) in [6.07, 6.45) is 22.0. The van der Waals surface area contributed by atoms with Gasteiger partial charge in [-0.3, -0.25) is 0 Å². The summed E-state index contributed by atoms with van der Waals surface area (Å²) in [6, 6.07) is 0. The Morgan fingerprint density at radius 3 is 2.57 bits per heavy atom. The fourth-order valence-corrected chi connectivity index (χ4v) is 8.61. The molecule has 4 aliphatic carbocycles. The van der Waals surface area contributed by atoms with Crippen LogP contribution in [0.5, 0.6) is 0 Å². The van der Waals surface area contributed by atoms with E-state index in [1.54, 1.807) is 6.42 Å². The van der Waals surface area contributed by atoms with Crippen LogP contribution in [0, 0.1) is 46.3 Å². The molecule has 3 saturated carbocycles. The maximum atomic E-state index is 2.77. The molecule has 0 aromatic carbocycles. The molecule has 0 amide bonds. The zero-order valence-electron chi connectivity index (χ0n) is 19.7. The van der Waals surface area contributed by atoms with Gasteiger partial charge in [0.2, 0.25) is 0 Å². The number of fused-ring (bicyclic) bond motifs is 5. The Kier molecular flexibility index (Phi) is 6.08. The van der Waals surface area contributed by atoms with E-state index in [1.165, 1.54) is 77.0 Å². The lowest BCUT2D eigenvalue weighted by molar-refractivity contribution is -0.0456. The average molecular weight is 385 g/mol. The number of hydrogen-bond acceptors (Lipinski definition) is 0. The molecule has 0 bridgehead atoms. The lowest BCUT2D eigenvalue weighted by Crippen LogP contribution is -2.50. The Labute approximate surface area is 176 Å². The minimum Gasteiger partial charge on any atom is -0.0845 e. The van der Waals surface area contributed by atoms with Crippen molar-refractivity contribution in [2.45, 2.75) is 118 Å². The van der Waals surface area contributed by atoms with Crippen LogP contribution in [-0.4, -0.2) is 0 Å². The first kappa shape index (κ1) is 21.0. The minimum absolute atomic E-state index is 0.561. The van der Waals surface area contributed by atoms with E-state index < -0.39 is 0 Å². The Morgan fingerprint density at radius 2 is 1.82 bits per heavy atom. The van der Waals surface area contributed by atoms with Crippen LogP contribution in [0.2, 0.25) is 0 Å².